The molecule has 0 aromatic rings. The Balaban J connectivity index is 3.91. The van der Waals surface area contributed by atoms with E-state index in [1.54, 1.807) is 6.08 Å². The minimum absolute atomic E-state index is 0.270. The molecule has 0 bridgehead atoms. The number of carbonyl (C=O) groups excluding carboxylic acids is 1. The fourth-order valence-electron chi connectivity index (χ4n) is 6.89. The first-order valence-electron chi connectivity index (χ1n) is 23.6. The molecule has 1 amide bonds. The average molecular weight is 816 g/mol. The molecule has 7 heteroatoms. The van der Waals surface area contributed by atoms with Gasteiger partial charge in [-0.15, -0.1) is 0 Å². The van der Waals surface area contributed by atoms with Crippen molar-refractivity contribution >= 4 is 16.0 Å². The Kier molecular flexibility index (Phi) is 41.7. The van der Waals surface area contributed by atoms with Gasteiger partial charge in [-0.3, -0.25) is 9.35 Å². The monoisotopic (exact) mass is 816 g/mol. The molecule has 0 spiro atoms. The summed E-state index contributed by atoms with van der Waals surface area (Å²) < 4.78 is 32.6. The van der Waals surface area contributed by atoms with Crippen LogP contribution in [-0.2, 0) is 14.9 Å². The minimum atomic E-state index is -4.36. The van der Waals surface area contributed by atoms with E-state index in [9.17, 15) is 22.9 Å². The lowest BCUT2D eigenvalue weighted by molar-refractivity contribution is -0.122. The Hall–Kier alpha value is -2.22. The normalized spacial score (nSPS) is 13.8. The van der Waals surface area contributed by atoms with Crippen molar-refractivity contribution in [2.75, 3.05) is 5.75 Å². The number of hydrogen-bond donors (Lipinski definition) is 3. The molecule has 6 nitrogen and oxygen atoms in total. The number of hydrogen-bond acceptors (Lipinski definition) is 4. The van der Waals surface area contributed by atoms with Crippen LogP contribution in [0.1, 0.15) is 219 Å². The molecule has 330 valence electrons. The van der Waals surface area contributed by atoms with Gasteiger partial charge in [0.2, 0.25) is 5.91 Å². The molecule has 0 rings (SSSR count). The maximum Gasteiger partial charge on any atom is 0.267 e. The van der Waals surface area contributed by atoms with Crippen molar-refractivity contribution in [3.05, 3.63) is 72.9 Å². The van der Waals surface area contributed by atoms with Crippen LogP contribution in [0.15, 0.2) is 72.9 Å². The van der Waals surface area contributed by atoms with Gasteiger partial charge in [0.15, 0.2) is 0 Å². The molecule has 57 heavy (non-hydrogen) atoms. The predicted octanol–water partition coefficient (Wildman–Crippen LogP) is 14.6. The third-order valence-electron chi connectivity index (χ3n) is 10.4. The number of allylic oxidation sites excluding steroid dienone is 11. The highest BCUT2D eigenvalue weighted by atomic mass is 32.2. The van der Waals surface area contributed by atoms with Gasteiger partial charge in [0.25, 0.3) is 10.1 Å². The topological polar surface area (TPSA) is 104 Å². The van der Waals surface area contributed by atoms with E-state index in [4.69, 9.17) is 0 Å². The zero-order chi connectivity index (χ0) is 41.8. The summed E-state index contributed by atoms with van der Waals surface area (Å²) in [5.41, 5.74) is 0. The Morgan fingerprint density at radius 3 is 1.25 bits per heavy atom. The lowest BCUT2D eigenvalue weighted by atomic mass is 10.0. The molecule has 0 fully saturated rings. The molecule has 0 aliphatic carbocycles. The van der Waals surface area contributed by atoms with Crippen molar-refractivity contribution in [3.63, 3.8) is 0 Å². The smallest absolute Gasteiger partial charge is 0.267 e. The largest absolute Gasteiger partial charge is 0.387 e. The lowest BCUT2D eigenvalue weighted by Crippen LogP contribution is -2.46. The third kappa shape index (κ3) is 44.7. The van der Waals surface area contributed by atoms with Crippen LogP contribution in [0.4, 0.5) is 0 Å². The number of unbranched alkanes of at least 4 members (excludes halogenated alkanes) is 24. The van der Waals surface area contributed by atoms with Gasteiger partial charge in [-0.05, 0) is 64.2 Å². The Bertz CT molecular complexity index is 1170. The van der Waals surface area contributed by atoms with Gasteiger partial charge in [-0.25, -0.2) is 0 Å². The molecule has 0 aliphatic rings. The summed E-state index contributed by atoms with van der Waals surface area (Å²) >= 11 is 0. The summed E-state index contributed by atoms with van der Waals surface area (Å²) in [6.07, 6.45) is 61.8. The van der Waals surface area contributed by atoms with Crippen LogP contribution in [0, 0.1) is 0 Å². The number of aliphatic hydroxyl groups excluding tert-OH is 1. The summed E-state index contributed by atoms with van der Waals surface area (Å²) in [5, 5.41) is 13.3. The fourth-order valence-corrected chi connectivity index (χ4v) is 7.62. The Labute approximate surface area is 353 Å². The first kappa shape index (κ1) is 54.8. The van der Waals surface area contributed by atoms with E-state index >= 15 is 0 Å². The maximum absolute atomic E-state index is 12.6. The van der Waals surface area contributed by atoms with Gasteiger partial charge in [0.05, 0.1) is 17.9 Å². The standard InChI is InChI=1S/C50H89NO5S/c1-3-5-7-9-11-13-15-17-19-21-23-25-27-29-31-33-35-37-39-41-43-45-49(52)48(47-57(54,55)56)51-50(53)46-44-42-40-38-36-34-32-30-28-26-24-22-20-18-16-14-12-10-8-6-4-2/h6,8,12,14,18,20,24,26,30,32,43,45,48-49,52H,3-5,7,9-11,13,15-17,19,21-23,25,27-29,31,33-42,44,46-47H2,1-2H3,(H,51,53)(H,54,55,56)/b8-6-,14-12-,20-18-,26-24-,32-30-,45-43+. The molecule has 2 unspecified atom stereocenters. The predicted molar refractivity (Wildman–Crippen MR) is 248 cm³/mol. The second-order valence-electron chi connectivity index (χ2n) is 16.0. The molecule has 0 aromatic heterocycles. The van der Waals surface area contributed by atoms with Crippen LogP contribution < -0.4 is 5.32 Å². The van der Waals surface area contributed by atoms with E-state index in [0.717, 1.165) is 83.5 Å². The summed E-state index contributed by atoms with van der Waals surface area (Å²) in [5.74, 6) is -1.01. The molecule has 0 heterocycles. The molecule has 3 N–H and O–H groups in total. The second kappa shape index (κ2) is 43.4. The zero-order valence-corrected chi connectivity index (χ0v) is 37.8. The summed E-state index contributed by atoms with van der Waals surface area (Å²) in [6.45, 7) is 4.43. The molecular weight excluding hydrogens is 727 g/mol. The van der Waals surface area contributed by atoms with Gasteiger partial charge in [-0.2, -0.15) is 8.42 Å². The highest BCUT2D eigenvalue weighted by Crippen LogP contribution is 2.15. The number of nitrogens with one attached hydrogen (secondary N) is 1. The third-order valence-corrected chi connectivity index (χ3v) is 11.2. The molecule has 0 aliphatic heterocycles. The second-order valence-corrected chi connectivity index (χ2v) is 17.5. The van der Waals surface area contributed by atoms with Crippen molar-refractivity contribution in [3.8, 4) is 0 Å². The molecule has 0 aromatic carbocycles. The van der Waals surface area contributed by atoms with Crippen molar-refractivity contribution in [1.29, 1.82) is 0 Å². The van der Waals surface area contributed by atoms with E-state index in [1.165, 1.54) is 109 Å². The highest BCUT2D eigenvalue weighted by molar-refractivity contribution is 7.85. The first-order valence-corrected chi connectivity index (χ1v) is 25.2. The Morgan fingerprint density at radius 1 is 0.491 bits per heavy atom. The van der Waals surface area contributed by atoms with Gasteiger partial charge in [0.1, 0.15) is 0 Å². The number of amides is 1. The molecule has 0 radical (unpaired) electrons. The van der Waals surface area contributed by atoms with Crippen LogP contribution >= 0.6 is 0 Å². The van der Waals surface area contributed by atoms with E-state index in [2.05, 4.69) is 79.9 Å². The van der Waals surface area contributed by atoms with Crippen molar-refractivity contribution in [1.82, 2.24) is 5.32 Å². The number of rotatable bonds is 42. The maximum atomic E-state index is 12.6. The van der Waals surface area contributed by atoms with E-state index < -0.39 is 28.0 Å². The minimum Gasteiger partial charge on any atom is -0.387 e. The summed E-state index contributed by atoms with van der Waals surface area (Å²) in [7, 11) is -4.36. The molecular formula is C50H89NO5S. The molecule has 2 atom stereocenters. The van der Waals surface area contributed by atoms with Gasteiger partial charge in [0, 0.05) is 6.42 Å². The first-order chi connectivity index (χ1) is 27.8. The average Bonchev–Trinajstić information content (AvgIpc) is 3.18. The SMILES string of the molecule is CC/C=C\C/C=C\C/C=C\C/C=C\C/C=C\CCCCCCCC(=O)NC(CS(=O)(=O)O)C(O)/C=C/CCCCCCCCCCCCCCCCCCCCC. The van der Waals surface area contributed by atoms with Gasteiger partial charge < -0.3 is 10.4 Å². The van der Waals surface area contributed by atoms with E-state index in [-0.39, 0.29) is 12.3 Å². The van der Waals surface area contributed by atoms with Gasteiger partial charge in [-0.1, -0.05) is 222 Å². The number of aliphatic hydroxyl groups is 1. The van der Waals surface area contributed by atoms with Crippen molar-refractivity contribution in [2.24, 2.45) is 0 Å². The van der Waals surface area contributed by atoms with Crippen LogP contribution in [0.2, 0.25) is 0 Å². The van der Waals surface area contributed by atoms with Crippen molar-refractivity contribution < 1.29 is 22.9 Å². The van der Waals surface area contributed by atoms with Crippen LogP contribution in [-0.4, -0.2) is 41.9 Å². The van der Waals surface area contributed by atoms with Crippen LogP contribution in [0.5, 0.6) is 0 Å². The van der Waals surface area contributed by atoms with Crippen LogP contribution in [0.3, 0.4) is 0 Å². The van der Waals surface area contributed by atoms with Crippen LogP contribution in [0.25, 0.3) is 0 Å². The number of carbonyl (C=O) groups is 1. The van der Waals surface area contributed by atoms with Crippen molar-refractivity contribution in [2.45, 2.75) is 231 Å². The van der Waals surface area contributed by atoms with Gasteiger partial charge >= 0.3 is 0 Å². The van der Waals surface area contributed by atoms with E-state index in [0.29, 0.717) is 6.42 Å². The van der Waals surface area contributed by atoms with E-state index in [1.807, 2.05) is 6.08 Å². The zero-order valence-electron chi connectivity index (χ0n) is 36.9. The molecule has 0 saturated carbocycles. The Morgan fingerprint density at radius 2 is 0.842 bits per heavy atom. The summed E-state index contributed by atoms with van der Waals surface area (Å²) in [6, 6.07) is -1.07. The fraction of sp³-hybridized carbons (Fsp3) is 0.740. The summed E-state index contributed by atoms with van der Waals surface area (Å²) in [4.78, 5) is 12.6. The highest BCUT2D eigenvalue weighted by Gasteiger charge is 2.24. The molecule has 0 saturated heterocycles. The quantitative estimate of drug-likeness (QED) is 0.0323. The lowest BCUT2D eigenvalue weighted by Gasteiger charge is -2.21.